The van der Waals surface area contributed by atoms with Gasteiger partial charge in [-0.15, -0.1) is 11.3 Å². The summed E-state index contributed by atoms with van der Waals surface area (Å²) in [4.78, 5) is 4.92. The highest BCUT2D eigenvalue weighted by Gasteiger charge is 2.23. The molecule has 1 aliphatic rings. The molecule has 112 valence electrons. The zero-order valence-electron chi connectivity index (χ0n) is 12.9. The van der Waals surface area contributed by atoms with Crippen LogP contribution in [0.5, 0.6) is 0 Å². The van der Waals surface area contributed by atoms with Crippen LogP contribution >= 0.6 is 11.3 Å². The largest absolute Gasteiger partial charge is 0.309 e. The molecule has 0 bridgehead atoms. The predicted octanol–water partition coefficient (Wildman–Crippen LogP) is 4.48. The van der Waals surface area contributed by atoms with Crippen LogP contribution in [0.4, 0.5) is 0 Å². The molecular weight excluding hydrogens is 276 g/mol. The molecule has 0 saturated carbocycles. The fraction of sp³-hybridized carbons (Fsp3) is 0.500. The van der Waals surface area contributed by atoms with Gasteiger partial charge in [0.05, 0.1) is 10.7 Å². The highest BCUT2D eigenvalue weighted by atomic mass is 32.1. The Morgan fingerprint density at radius 3 is 2.95 bits per heavy atom. The minimum Gasteiger partial charge on any atom is -0.309 e. The van der Waals surface area contributed by atoms with Crippen molar-refractivity contribution in [2.45, 2.75) is 51.5 Å². The number of thiazole rings is 1. The average Bonchev–Trinajstić information content (AvgIpc) is 3.02. The molecule has 1 aromatic carbocycles. The first-order valence-electron chi connectivity index (χ1n) is 8.03. The summed E-state index contributed by atoms with van der Waals surface area (Å²) in [5, 5.41) is 7.09. The maximum atomic E-state index is 4.92. The first-order chi connectivity index (χ1) is 10.3. The lowest BCUT2D eigenvalue weighted by atomic mass is 9.84. The summed E-state index contributed by atoms with van der Waals surface area (Å²) in [6.07, 6.45) is 4.75. The Morgan fingerprint density at radius 2 is 2.14 bits per heavy atom. The third-order valence-corrected chi connectivity index (χ3v) is 5.41. The van der Waals surface area contributed by atoms with E-state index in [1.165, 1.54) is 41.1 Å². The summed E-state index contributed by atoms with van der Waals surface area (Å²) >= 11 is 1.84. The Labute approximate surface area is 131 Å². The molecule has 0 spiro atoms. The summed E-state index contributed by atoms with van der Waals surface area (Å²) in [7, 11) is 0. The van der Waals surface area contributed by atoms with E-state index in [1.54, 1.807) is 0 Å². The van der Waals surface area contributed by atoms with E-state index < -0.39 is 0 Å². The maximum Gasteiger partial charge on any atom is 0.0963 e. The van der Waals surface area contributed by atoms with Crippen molar-refractivity contribution >= 4 is 11.3 Å². The fourth-order valence-corrected chi connectivity index (χ4v) is 4.11. The van der Waals surface area contributed by atoms with Crippen molar-refractivity contribution in [2.75, 3.05) is 6.54 Å². The van der Waals surface area contributed by atoms with Gasteiger partial charge in [-0.3, -0.25) is 0 Å². The van der Waals surface area contributed by atoms with Crippen molar-refractivity contribution < 1.29 is 0 Å². The number of nitrogens with zero attached hydrogens (tertiary/aromatic N) is 1. The molecule has 1 aliphatic carbocycles. The van der Waals surface area contributed by atoms with Crippen LogP contribution in [0.15, 0.2) is 29.6 Å². The number of nitrogens with one attached hydrogen (secondary N) is 1. The predicted molar refractivity (Wildman–Crippen MR) is 90.0 cm³/mol. The number of aryl methyl sites for hydroxylation is 1. The first-order valence-corrected chi connectivity index (χ1v) is 8.91. The molecule has 2 nitrogen and oxygen atoms in total. The van der Waals surface area contributed by atoms with Crippen LogP contribution in [0.3, 0.4) is 0 Å². The molecule has 1 aromatic heterocycles. The first kappa shape index (κ1) is 14.7. The molecule has 0 saturated heterocycles. The van der Waals surface area contributed by atoms with Gasteiger partial charge in [0.2, 0.25) is 0 Å². The minimum atomic E-state index is 0.367. The van der Waals surface area contributed by atoms with Gasteiger partial charge in [-0.25, -0.2) is 4.98 Å². The van der Waals surface area contributed by atoms with Gasteiger partial charge in [-0.2, -0.15) is 0 Å². The summed E-state index contributed by atoms with van der Waals surface area (Å²) in [5.41, 5.74) is 4.26. The van der Waals surface area contributed by atoms with Gasteiger partial charge in [-0.05, 0) is 50.3 Å². The lowest BCUT2D eigenvalue weighted by Gasteiger charge is -2.22. The number of benzene rings is 1. The second-order valence-corrected chi connectivity index (χ2v) is 6.88. The van der Waals surface area contributed by atoms with E-state index >= 15 is 0 Å². The summed E-state index contributed by atoms with van der Waals surface area (Å²) in [5.74, 6) is 0.608. The lowest BCUT2D eigenvalue weighted by molar-refractivity contribution is 0.548. The van der Waals surface area contributed by atoms with Gasteiger partial charge in [0.15, 0.2) is 0 Å². The van der Waals surface area contributed by atoms with Crippen molar-refractivity contribution in [3.8, 4) is 0 Å². The number of hydrogen-bond acceptors (Lipinski definition) is 3. The molecule has 0 amide bonds. The second-order valence-electron chi connectivity index (χ2n) is 5.99. The molecule has 2 aromatic rings. The smallest absolute Gasteiger partial charge is 0.0963 e. The number of aromatic nitrogens is 1. The van der Waals surface area contributed by atoms with Crippen LogP contribution < -0.4 is 5.32 Å². The maximum absolute atomic E-state index is 4.92. The topological polar surface area (TPSA) is 24.9 Å². The number of hydrogen-bond donors (Lipinski definition) is 1. The van der Waals surface area contributed by atoms with Crippen LogP contribution in [0.2, 0.25) is 0 Å². The SMILES string of the molecule is CCCNC(C)c1csc(C2CCc3ccccc3C2)n1. The van der Waals surface area contributed by atoms with Crippen LogP contribution in [0.1, 0.15) is 60.5 Å². The molecule has 2 atom stereocenters. The minimum absolute atomic E-state index is 0.367. The van der Waals surface area contributed by atoms with Gasteiger partial charge in [0.1, 0.15) is 0 Å². The van der Waals surface area contributed by atoms with Gasteiger partial charge in [-0.1, -0.05) is 31.2 Å². The zero-order chi connectivity index (χ0) is 14.7. The third kappa shape index (κ3) is 3.35. The summed E-state index contributed by atoms with van der Waals surface area (Å²) in [6, 6.07) is 9.23. The molecule has 0 aliphatic heterocycles. The van der Waals surface area contributed by atoms with Gasteiger partial charge < -0.3 is 5.32 Å². The Morgan fingerprint density at radius 1 is 1.33 bits per heavy atom. The van der Waals surface area contributed by atoms with E-state index in [1.807, 2.05) is 11.3 Å². The standard InChI is InChI=1S/C18H24N2S/c1-3-10-19-13(2)17-12-21-18(20-17)16-9-8-14-6-4-5-7-15(14)11-16/h4-7,12-13,16,19H,3,8-11H2,1-2H3. The third-order valence-electron chi connectivity index (χ3n) is 4.38. The Kier molecular flexibility index (Phi) is 4.71. The molecule has 1 heterocycles. The zero-order valence-corrected chi connectivity index (χ0v) is 13.7. The van der Waals surface area contributed by atoms with E-state index in [4.69, 9.17) is 4.98 Å². The van der Waals surface area contributed by atoms with Crippen molar-refractivity contribution in [1.29, 1.82) is 0 Å². The number of rotatable bonds is 5. The van der Waals surface area contributed by atoms with E-state index in [9.17, 15) is 0 Å². The van der Waals surface area contributed by atoms with Crippen LogP contribution in [0.25, 0.3) is 0 Å². The molecule has 2 unspecified atom stereocenters. The lowest BCUT2D eigenvalue weighted by Crippen LogP contribution is -2.19. The Bertz CT molecular complexity index is 590. The average molecular weight is 300 g/mol. The fourth-order valence-electron chi connectivity index (χ4n) is 3.06. The van der Waals surface area contributed by atoms with Crippen molar-refractivity contribution in [3.05, 3.63) is 51.5 Å². The number of fused-ring (bicyclic) bond motifs is 1. The highest BCUT2D eigenvalue weighted by molar-refractivity contribution is 7.09. The highest BCUT2D eigenvalue weighted by Crippen LogP contribution is 2.34. The monoisotopic (exact) mass is 300 g/mol. The molecular formula is C18H24N2S. The summed E-state index contributed by atoms with van der Waals surface area (Å²) < 4.78 is 0. The molecule has 1 N–H and O–H groups in total. The molecule has 0 radical (unpaired) electrons. The summed E-state index contributed by atoms with van der Waals surface area (Å²) in [6.45, 7) is 5.47. The van der Waals surface area contributed by atoms with E-state index in [2.05, 4.69) is 48.8 Å². The Balaban J connectivity index is 1.70. The van der Waals surface area contributed by atoms with Gasteiger partial charge in [0.25, 0.3) is 0 Å². The van der Waals surface area contributed by atoms with Crippen molar-refractivity contribution in [1.82, 2.24) is 10.3 Å². The quantitative estimate of drug-likeness (QED) is 0.881. The van der Waals surface area contributed by atoms with E-state index in [0.29, 0.717) is 12.0 Å². The van der Waals surface area contributed by atoms with Crippen LogP contribution in [-0.4, -0.2) is 11.5 Å². The Hall–Kier alpha value is -1.19. The van der Waals surface area contributed by atoms with Crippen LogP contribution in [0, 0.1) is 0 Å². The van der Waals surface area contributed by atoms with Gasteiger partial charge in [0, 0.05) is 17.3 Å². The van der Waals surface area contributed by atoms with Gasteiger partial charge >= 0.3 is 0 Å². The molecule has 3 heteroatoms. The van der Waals surface area contributed by atoms with E-state index in [0.717, 1.165) is 13.0 Å². The van der Waals surface area contributed by atoms with E-state index in [-0.39, 0.29) is 0 Å². The molecule has 21 heavy (non-hydrogen) atoms. The molecule has 3 rings (SSSR count). The normalized spacial score (nSPS) is 19.2. The molecule has 0 fully saturated rings. The second kappa shape index (κ2) is 6.71. The van der Waals surface area contributed by atoms with Crippen molar-refractivity contribution in [2.24, 2.45) is 0 Å². The van der Waals surface area contributed by atoms with Crippen molar-refractivity contribution in [3.63, 3.8) is 0 Å². The van der Waals surface area contributed by atoms with Crippen LogP contribution in [-0.2, 0) is 12.8 Å².